The van der Waals surface area contributed by atoms with Crippen LogP contribution in [0.5, 0.6) is 5.75 Å². The van der Waals surface area contributed by atoms with Gasteiger partial charge >= 0.3 is 5.97 Å². The van der Waals surface area contributed by atoms with Gasteiger partial charge in [0.25, 0.3) is 5.91 Å². The molecule has 0 fully saturated rings. The summed E-state index contributed by atoms with van der Waals surface area (Å²) in [7, 11) is 0. The first kappa shape index (κ1) is 14.6. The van der Waals surface area contributed by atoms with Gasteiger partial charge < -0.3 is 15.2 Å². The Morgan fingerprint density at radius 2 is 1.86 bits per heavy atom. The Kier molecular flexibility index (Phi) is 4.56. The summed E-state index contributed by atoms with van der Waals surface area (Å²) in [6.45, 7) is 1.53. The molecule has 2 aromatic rings. The Hall–Kier alpha value is -2.82. The van der Waals surface area contributed by atoms with Gasteiger partial charge in [0.1, 0.15) is 5.75 Å². The number of benzene rings is 2. The van der Waals surface area contributed by atoms with Gasteiger partial charge in [0, 0.05) is 17.3 Å². The minimum Gasteiger partial charge on any atom is -0.482 e. The summed E-state index contributed by atoms with van der Waals surface area (Å²) < 4.78 is 5.06. The largest absolute Gasteiger partial charge is 0.482 e. The molecular formula is C16H15NO4. The number of hydrogen-bond acceptors (Lipinski definition) is 3. The number of amides is 1. The highest BCUT2D eigenvalue weighted by atomic mass is 16.5. The fourth-order valence-electron chi connectivity index (χ4n) is 1.72. The highest BCUT2D eigenvalue weighted by molar-refractivity contribution is 6.04. The van der Waals surface area contributed by atoms with Crippen LogP contribution in [0, 0.1) is 6.92 Å². The fraction of sp³-hybridized carbons (Fsp3) is 0.125. The van der Waals surface area contributed by atoms with Crippen molar-refractivity contribution in [3.63, 3.8) is 0 Å². The van der Waals surface area contributed by atoms with Gasteiger partial charge in [-0.05, 0) is 31.2 Å². The van der Waals surface area contributed by atoms with Crippen molar-refractivity contribution in [2.45, 2.75) is 6.92 Å². The van der Waals surface area contributed by atoms with Crippen molar-refractivity contribution < 1.29 is 19.4 Å². The molecule has 0 aliphatic heterocycles. The second kappa shape index (κ2) is 6.56. The molecule has 0 spiro atoms. The summed E-state index contributed by atoms with van der Waals surface area (Å²) in [5, 5.41) is 11.3. The predicted octanol–water partition coefficient (Wildman–Crippen LogP) is 2.71. The number of aryl methyl sites for hydroxylation is 1. The normalized spacial score (nSPS) is 9.95. The number of carboxylic acid groups (broad SMARTS) is 1. The minimum absolute atomic E-state index is 0.231. The van der Waals surface area contributed by atoms with Crippen LogP contribution >= 0.6 is 0 Å². The molecule has 0 unspecified atom stereocenters. The molecule has 2 aromatic carbocycles. The number of anilines is 1. The molecule has 0 saturated carbocycles. The Bertz CT molecular complexity index is 650. The standard InChI is InChI=1S/C16H15NO4/c1-11-5-7-12(8-6-11)16(20)17-13-3-2-4-14(9-13)21-10-15(18)19/h2-9H,10H2,1H3,(H,17,20)(H,18,19). The van der Waals surface area contributed by atoms with E-state index in [1.165, 1.54) is 0 Å². The van der Waals surface area contributed by atoms with Gasteiger partial charge in [-0.2, -0.15) is 0 Å². The maximum Gasteiger partial charge on any atom is 0.341 e. The van der Waals surface area contributed by atoms with Crippen LogP contribution in [0.15, 0.2) is 48.5 Å². The molecule has 5 heteroatoms. The van der Waals surface area contributed by atoms with Crippen molar-refractivity contribution >= 4 is 17.6 Å². The molecule has 1 amide bonds. The highest BCUT2D eigenvalue weighted by Crippen LogP contribution is 2.18. The lowest BCUT2D eigenvalue weighted by Crippen LogP contribution is -2.12. The van der Waals surface area contributed by atoms with Crippen LogP contribution in [-0.2, 0) is 4.79 Å². The van der Waals surface area contributed by atoms with Crippen LogP contribution in [0.2, 0.25) is 0 Å². The van der Waals surface area contributed by atoms with E-state index in [2.05, 4.69) is 5.32 Å². The molecule has 0 aliphatic rings. The summed E-state index contributed by atoms with van der Waals surface area (Å²) in [4.78, 5) is 22.5. The van der Waals surface area contributed by atoms with Crippen LogP contribution in [0.1, 0.15) is 15.9 Å². The first-order chi connectivity index (χ1) is 10.0. The molecule has 0 atom stereocenters. The lowest BCUT2D eigenvalue weighted by atomic mass is 10.1. The van der Waals surface area contributed by atoms with Crippen LogP contribution in [0.4, 0.5) is 5.69 Å². The quantitative estimate of drug-likeness (QED) is 0.885. The van der Waals surface area contributed by atoms with E-state index in [0.29, 0.717) is 17.0 Å². The molecular weight excluding hydrogens is 270 g/mol. The Labute approximate surface area is 122 Å². The zero-order valence-electron chi connectivity index (χ0n) is 11.5. The third-order valence-corrected chi connectivity index (χ3v) is 2.77. The number of carboxylic acids is 1. The van der Waals surface area contributed by atoms with Crippen molar-refractivity contribution in [3.8, 4) is 5.75 Å². The van der Waals surface area contributed by atoms with Gasteiger partial charge in [-0.25, -0.2) is 4.79 Å². The number of aliphatic carboxylic acids is 1. The van der Waals surface area contributed by atoms with Gasteiger partial charge in [-0.15, -0.1) is 0 Å². The molecule has 21 heavy (non-hydrogen) atoms. The van der Waals surface area contributed by atoms with E-state index < -0.39 is 12.6 Å². The average Bonchev–Trinajstić information content (AvgIpc) is 2.46. The number of carbonyl (C=O) groups is 2. The van der Waals surface area contributed by atoms with E-state index in [0.717, 1.165) is 5.56 Å². The van der Waals surface area contributed by atoms with E-state index in [-0.39, 0.29) is 5.91 Å². The summed E-state index contributed by atoms with van der Waals surface area (Å²) in [6, 6.07) is 13.8. The van der Waals surface area contributed by atoms with Gasteiger partial charge in [0.05, 0.1) is 0 Å². The maximum atomic E-state index is 12.1. The molecule has 5 nitrogen and oxygen atoms in total. The van der Waals surface area contributed by atoms with Crippen LogP contribution in [0.3, 0.4) is 0 Å². The van der Waals surface area contributed by atoms with E-state index in [1.54, 1.807) is 36.4 Å². The predicted molar refractivity (Wildman–Crippen MR) is 78.7 cm³/mol. The number of ether oxygens (including phenoxy) is 1. The van der Waals surface area contributed by atoms with Crippen molar-refractivity contribution in [3.05, 3.63) is 59.7 Å². The van der Waals surface area contributed by atoms with Gasteiger partial charge in [-0.3, -0.25) is 4.79 Å². The molecule has 0 radical (unpaired) electrons. The summed E-state index contributed by atoms with van der Waals surface area (Å²) in [5.41, 5.74) is 2.18. The SMILES string of the molecule is Cc1ccc(C(=O)Nc2cccc(OCC(=O)O)c2)cc1. The number of nitrogens with one attached hydrogen (secondary N) is 1. The topological polar surface area (TPSA) is 75.6 Å². The maximum absolute atomic E-state index is 12.1. The van der Waals surface area contributed by atoms with Crippen molar-refractivity contribution in [2.75, 3.05) is 11.9 Å². The van der Waals surface area contributed by atoms with Crippen LogP contribution in [-0.4, -0.2) is 23.6 Å². The first-order valence-corrected chi connectivity index (χ1v) is 6.37. The van der Waals surface area contributed by atoms with E-state index in [9.17, 15) is 9.59 Å². The number of hydrogen-bond donors (Lipinski definition) is 2. The fourth-order valence-corrected chi connectivity index (χ4v) is 1.72. The van der Waals surface area contributed by atoms with E-state index in [4.69, 9.17) is 9.84 Å². The third-order valence-electron chi connectivity index (χ3n) is 2.77. The van der Waals surface area contributed by atoms with Gasteiger partial charge in [0.2, 0.25) is 0 Å². The third kappa shape index (κ3) is 4.35. The monoisotopic (exact) mass is 285 g/mol. The first-order valence-electron chi connectivity index (χ1n) is 6.37. The van der Waals surface area contributed by atoms with Crippen molar-refractivity contribution in [2.24, 2.45) is 0 Å². The summed E-state index contributed by atoms with van der Waals surface area (Å²) in [6.07, 6.45) is 0. The summed E-state index contributed by atoms with van der Waals surface area (Å²) >= 11 is 0. The van der Waals surface area contributed by atoms with Gasteiger partial charge in [0.15, 0.2) is 6.61 Å². The van der Waals surface area contributed by atoms with Crippen LogP contribution < -0.4 is 10.1 Å². The lowest BCUT2D eigenvalue weighted by Gasteiger charge is -2.08. The molecule has 0 bridgehead atoms. The lowest BCUT2D eigenvalue weighted by molar-refractivity contribution is -0.139. The number of rotatable bonds is 5. The van der Waals surface area contributed by atoms with Crippen molar-refractivity contribution in [1.29, 1.82) is 0 Å². The average molecular weight is 285 g/mol. The van der Waals surface area contributed by atoms with Crippen molar-refractivity contribution in [1.82, 2.24) is 0 Å². The molecule has 108 valence electrons. The Morgan fingerprint density at radius 1 is 1.14 bits per heavy atom. The zero-order valence-corrected chi connectivity index (χ0v) is 11.5. The van der Waals surface area contributed by atoms with E-state index in [1.807, 2.05) is 19.1 Å². The molecule has 2 N–H and O–H groups in total. The second-order valence-corrected chi connectivity index (χ2v) is 4.53. The minimum atomic E-state index is -1.05. The molecule has 0 heterocycles. The smallest absolute Gasteiger partial charge is 0.341 e. The molecule has 0 aliphatic carbocycles. The Morgan fingerprint density at radius 3 is 2.52 bits per heavy atom. The van der Waals surface area contributed by atoms with Gasteiger partial charge in [-0.1, -0.05) is 23.8 Å². The van der Waals surface area contributed by atoms with Crippen LogP contribution in [0.25, 0.3) is 0 Å². The van der Waals surface area contributed by atoms with E-state index >= 15 is 0 Å². The molecule has 2 rings (SSSR count). The zero-order chi connectivity index (χ0) is 15.2. The number of carbonyl (C=O) groups excluding carboxylic acids is 1. The Balaban J connectivity index is 2.05. The summed E-state index contributed by atoms with van der Waals surface area (Å²) in [5.74, 6) is -0.895. The molecule has 0 saturated heterocycles. The highest BCUT2D eigenvalue weighted by Gasteiger charge is 2.06. The molecule has 0 aromatic heterocycles. The second-order valence-electron chi connectivity index (χ2n) is 4.53.